The first-order valence-corrected chi connectivity index (χ1v) is 11.9. The van der Waals surface area contributed by atoms with Crippen LogP contribution in [0.5, 0.6) is 0 Å². The van der Waals surface area contributed by atoms with Gasteiger partial charge in [-0.25, -0.2) is 9.97 Å². The van der Waals surface area contributed by atoms with Crippen molar-refractivity contribution in [2.45, 2.75) is 27.2 Å². The molecular weight excluding hydrogens is 408 g/mol. The second-order valence-electron chi connectivity index (χ2n) is 9.76. The van der Waals surface area contributed by atoms with Crippen LogP contribution >= 0.6 is 11.3 Å². The molecule has 0 spiro atoms. The van der Waals surface area contributed by atoms with Crippen molar-refractivity contribution >= 4 is 53.2 Å². The number of aromatic nitrogens is 2. The van der Waals surface area contributed by atoms with Crippen molar-refractivity contribution in [1.82, 2.24) is 9.97 Å². The first kappa shape index (κ1) is 19.4. The molecule has 2 heterocycles. The van der Waals surface area contributed by atoms with Crippen LogP contribution < -0.4 is 0 Å². The number of hydrogen-bond acceptors (Lipinski definition) is 3. The first-order valence-electron chi connectivity index (χ1n) is 11.0. The Bertz CT molecular complexity index is 1640. The lowest BCUT2D eigenvalue weighted by Crippen LogP contribution is -2.09. The number of rotatable bonds is 2. The molecule has 2 aromatic heterocycles. The highest BCUT2D eigenvalue weighted by atomic mass is 32.1. The van der Waals surface area contributed by atoms with Gasteiger partial charge in [0.2, 0.25) is 0 Å². The molecule has 156 valence electrons. The molecule has 0 saturated carbocycles. The summed E-state index contributed by atoms with van der Waals surface area (Å²) in [4.78, 5) is 10.5. The molecule has 32 heavy (non-hydrogen) atoms. The van der Waals surface area contributed by atoms with Crippen LogP contribution in [0.2, 0.25) is 0 Å². The molecule has 0 N–H and O–H groups in total. The van der Waals surface area contributed by atoms with E-state index < -0.39 is 0 Å². The van der Waals surface area contributed by atoms with Gasteiger partial charge in [0.05, 0.1) is 5.69 Å². The van der Waals surface area contributed by atoms with Crippen LogP contribution in [-0.2, 0) is 6.42 Å². The van der Waals surface area contributed by atoms with Gasteiger partial charge >= 0.3 is 0 Å². The normalized spacial score (nSPS) is 12.3. The summed E-state index contributed by atoms with van der Waals surface area (Å²) in [5.41, 5.74) is 3.83. The lowest BCUT2D eigenvalue weighted by atomic mass is 9.85. The summed E-state index contributed by atoms with van der Waals surface area (Å²) >= 11 is 1.75. The van der Waals surface area contributed by atoms with E-state index in [1.54, 1.807) is 17.7 Å². The van der Waals surface area contributed by atoms with E-state index in [1.807, 2.05) is 0 Å². The highest BCUT2D eigenvalue weighted by molar-refractivity contribution is 7.25. The molecule has 2 nitrogen and oxygen atoms in total. The quantitative estimate of drug-likeness (QED) is 0.274. The standard InChI is InChI=1S/C29H24N2S/c1-29(2,3)16-20-10-6-12-22-21(20)11-7-13-23(22)27-26-24-14-18-8-4-5-9-19(18)15-25(24)32-28(26)31-17-30-27/h4-15,17H,16H2,1-3H3. The van der Waals surface area contributed by atoms with Crippen LogP contribution in [0.1, 0.15) is 26.3 Å². The molecule has 4 aromatic carbocycles. The minimum absolute atomic E-state index is 0.233. The number of fused-ring (bicyclic) bond motifs is 5. The number of benzene rings is 4. The average Bonchev–Trinajstić information content (AvgIpc) is 3.14. The number of nitrogens with zero attached hydrogens (tertiary/aromatic N) is 2. The summed E-state index contributed by atoms with van der Waals surface area (Å²) in [6, 6.07) is 26.4. The molecule has 0 saturated heterocycles. The van der Waals surface area contributed by atoms with Crippen LogP contribution in [-0.4, -0.2) is 9.97 Å². The van der Waals surface area contributed by atoms with E-state index in [0.717, 1.165) is 22.3 Å². The van der Waals surface area contributed by atoms with Crippen molar-refractivity contribution in [2.75, 3.05) is 0 Å². The van der Waals surface area contributed by atoms with Crippen LogP contribution in [0.15, 0.2) is 79.1 Å². The first-order chi connectivity index (χ1) is 15.5. The van der Waals surface area contributed by atoms with E-state index >= 15 is 0 Å². The summed E-state index contributed by atoms with van der Waals surface area (Å²) in [6.45, 7) is 6.89. The van der Waals surface area contributed by atoms with Gasteiger partial charge in [-0.2, -0.15) is 0 Å². The third kappa shape index (κ3) is 3.16. The fourth-order valence-electron chi connectivity index (χ4n) is 4.80. The number of hydrogen-bond donors (Lipinski definition) is 0. The summed E-state index contributed by atoms with van der Waals surface area (Å²) in [7, 11) is 0. The maximum atomic E-state index is 4.83. The minimum atomic E-state index is 0.233. The predicted molar refractivity (Wildman–Crippen MR) is 139 cm³/mol. The topological polar surface area (TPSA) is 25.8 Å². The lowest BCUT2D eigenvalue weighted by Gasteiger charge is -2.20. The zero-order chi connectivity index (χ0) is 21.9. The van der Waals surface area contributed by atoms with Crippen LogP contribution in [0.3, 0.4) is 0 Å². The predicted octanol–water partition coefficient (Wildman–Crippen LogP) is 8.41. The van der Waals surface area contributed by atoms with Crippen molar-refractivity contribution < 1.29 is 0 Å². The van der Waals surface area contributed by atoms with Gasteiger partial charge in [0.25, 0.3) is 0 Å². The maximum absolute atomic E-state index is 4.83. The van der Waals surface area contributed by atoms with Crippen molar-refractivity contribution in [3.8, 4) is 11.3 Å². The second-order valence-corrected chi connectivity index (χ2v) is 10.8. The second kappa shape index (κ2) is 7.11. The zero-order valence-corrected chi connectivity index (χ0v) is 19.3. The summed E-state index contributed by atoms with van der Waals surface area (Å²) in [5, 5.41) is 7.48. The molecule has 6 aromatic rings. The highest BCUT2D eigenvalue weighted by Gasteiger charge is 2.18. The Labute approximate surface area is 191 Å². The molecule has 0 radical (unpaired) electrons. The van der Waals surface area contributed by atoms with E-state index in [9.17, 15) is 0 Å². The van der Waals surface area contributed by atoms with Crippen LogP contribution in [0, 0.1) is 5.41 Å². The van der Waals surface area contributed by atoms with Crippen molar-refractivity contribution in [3.63, 3.8) is 0 Å². The fourth-order valence-corrected chi connectivity index (χ4v) is 5.88. The molecule has 0 bridgehead atoms. The van der Waals surface area contributed by atoms with Crippen molar-refractivity contribution in [3.05, 3.63) is 84.7 Å². The molecular formula is C29H24N2S. The molecule has 6 rings (SSSR count). The largest absolute Gasteiger partial charge is 0.236 e. The summed E-state index contributed by atoms with van der Waals surface area (Å²) in [6.07, 6.45) is 2.75. The van der Waals surface area contributed by atoms with Gasteiger partial charge in [-0.15, -0.1) is 11.3 Å². The Kier molecular flexibility index (Phi) is 4.31. The Hall–Kier alpha value is -3.30. The molecule has 0 aliphatic rings. The van der Waals surface area contributed by atoms with Gasteiger partial charge in [-0.1, -0.05) is 81.4 Å². The van der Waals surface area contributed by atoms with Gasteiger partial charge in [0, 0.05) is 21.0 Å². The Morgan fingerprint density at radius 1 is 0.750 bits per heavy atom. The van der Waals surface area contributed by atoms with Crippen molar-refractivity contribution in [1.29, 1.82) is 0 Å². The van der Waals surface area contributed by atoms with Gasteiger partial charge in [0.15, 0.2) is 0 Å². The van der Waals surface area contributed by atoms with Crippen LogP contribution in [0.4, 0.5) is 0 Å². The Balaban J connectivity index is 1.66. The summed E-state index contributed by atoms with van der Waals surface area (Å²) in [5.74, 6) is 0. The molecule has 0 unspecified atom stereocenters. The van der Waals surface area contributed by atoms with E-state index in [1.165, 1.54) is 42.8 Å². The third-order valence-electron chi connectivity index (χ3n) is 6.12. The highest BCUT2D eigenvalue weighted by Crippen LogP contribution is 2.41. The Morgan fingerprint density at radius 3 is 2.31 bits per heavy atom. The third-order valence-corrected chi connectivity index (χ3v) is 7.19. The van der Waals surface area contributed by atoms with Gasteiger partial charge in [-0.05, 0) is 51.1 Å². The van der Waals surface area contributed by atoms with E-state index in [2.05, 4.69) is 98.6 Å². The molecule has 0 aliphatic heterocycles. The molecule has 0 atom stereocenters. The molecule has 0 aliphatic carbocycles. The fraction of sp³-hybridized carbons (Fsp3) is 0.172. The maximum Gasteiger partial charge on any atom is 0.128 e. The van der Waals surface area contributed by atoms with Crippen molar-refractivity contribution in [2.24, 2.45) is 5.41 Å². The average molecular weight is 433 g/mol. The minimum Gasteiger partial charge on any atom is -0.236 e. The zero-order valence-electron chi connectivity index (χ0n) is 18.5. The van der Waals surface area contributed by atoms with Gasteiger partial charge < -0.3 is 0 Å². The SMILES string of the molecule is CC(C)(C)Cc1cccc2c(-c3ncnc4sc5cc6ccccc6cc5c34)cccc12. The molecule has 3 heteroatoms. The Morgan fingerprint density at radius 2 is 1.50 bits per heavy atom. The van der Waals surface area contributed by atoms with Crippen LogP contribution in [0.25, 0.3) is 53.1 Å². The monoisotopic (exact) mass is 432 g/mol. The molecule has 0 amide bonds. The van der Waals surface area contributed by atoms with Gasteiger partial charge in [-0.3, -0.25) is 0 Å². The smallest absolute Gasteiger partial charge is 0.128 e. The van der Waals surface area contributed by atoms with E-state index in [4.69, 9.17) is 4.98 Å². The van der Waals surface area contributed by atoms with E-state index in [-0.39, 0.29) is 5.41 Å². The number of thiophene rings is 1. The van der Waals surface area contributed by atoms with E-state index in [0.29, 0.717) is 0 Å². The lowest BCUT2D eigenvalue weighted by molar-refractivity contribution is 0.412. The summed E-state index contributed by atoms with van der Waals surface area (Å²) < 4.78 is 1.26. The van der Waals surface area contributed by atoms with Gasteiger partial charge in [0.1, 0.15) is 11.2 Å². The molecule has 0 fully saturated rings.